The zero-order chi connectivity index (χ0) is 12.3. The Hall–Kier alpha value is -1.32. The largest absolute Gasteiger partial charge is 0.383 e. The quantitative estimate of drug-likeness (QED) is 0.840. The van der Waals surface area contributed by atoms with Crippen LogP contribution >= 0.6 is 0 Å². The van der Waals surface area contributed by atoms with Crippen LogP contribution in [0.15, 0.2) is 0 Å². The fraction of sp³-hybridized carbons (Fsp3) is 0.692. The monoisotopic (exact) mass is 234 g/mol. The van der Waals surface area contributed by atoms with Gasteiger partial charge in [-0.15, -0.1) is 0 Å². The van der Waals surface area contributed by atoms with Crippen molar-refractivity contribution in [3.8, 4) is 0 Å². The van der Waals surface area contributed by atoms with Crippen molar-refractivity contribution in [1.82, 2.24) is 9.97 Å². The number of nitrogen functional groups attached to an aromatic ring is 1. The van der Waals surface area contributed by atoms with Crippen molar-refractivity contribution in [3.63, 3.8) is 0 Å². The van der Waals surface area contributed by atoms with Gasteiger partial charge in [0.1, 0.15) is 17.5 Å². The van der Waals surface area contributed by atoms with Crippen LogP contribution in [0.25, 0.3) is 0 Å². The van der Waals surface area contributed by atoms with E-state index in [0.29, 0.717) is 5.82 Å². The highest BCUT2D eigenvalue weighted by Crippen LogP contribution is 2.25. The van der Waals surface area contributed by atoms with Crippen LogP contribution in [0.2, 0.25) is 0 Å². The summed E-state index contributed by atoms with van der Waals surface area (Å²) in [5.74, 6) is 3.14. The first-order valence-corrected chi connectivity index (χ1v) is 6.57. The molecule has 1 aliphatic carbocycles. The molecule has 0 aliphatic heterocycles. The Balaban J connectivity index is 2.05. The molecule has 1 saturated carbocycles. The molecule has 1 aromatic rings. The Labute approximate surface area is 103 Å². The fourth-order valence-electron chi connectivity index (χ4n) is 2.37. The maximum absolute atomic E-state index is 5.89. The second kappa shape index (κ2) is 5.34. The second-order valence-electron chi connectivity index (χ2n) is 4.88. The molecular formula is C13H22N4. The molecule has 0 saturated heterocycles. The van der Waals surface area contributed by atoms with Gasteiger partial charge in [-0.3, -0.25) is 0 Å². The van der Waals surface area contributed by atoms with Gasteiger partial charge in [0.15, 0.2) is 0 Å². The third kappa shape index (κ3) is 2.87. The van der Waals surface area contributed by atoms with E-state index in [4.69, 9.17) is 5.73 Å². The molecule has 1 aromatic heterocycles. The smallest absolute Gasteiger partial charge is 0.134 e. The van der Waals surface area contributed by atoms with Gasteiger partial charge in [-0.2, -0.15) is 0 Å². The number of rotatable bonds is 4. The van der Waals surface area contributed by atoms with Crippen LogP contribution in [0.5, 0.6) is 0 Å². The zero-order valence-electron chi connectivity index (χ0n) is 10.8. The molecule has 0 atom stereocenters. The molecule has 1 aliphatic rings. The minimum Gasteiger partial charge on any atom is -0.383 e. The molecule has 1 fully saturated rings. The Bertz CT molecular complexity index is 383. The first-order chi connectivity index (χ1) is 8.20. The lowest BCUT2D eigenvalue weighted by Gasteiger charge is -2.14. The summed E-state index contributed by atoms with van der Waals surface area (Å²) in [5.41, 5.74) is 6.86. The average Bonchev–Trinajstić information content (AvgIpc) is 2.84. The summed E-state index contributed by atoms with van der Waals surface area (Å²) in [7, 11) is 0. The summed E-state index contributed by atoms with van der Waals surface area (Å²) in [6, 6.07) is 0. The van der Waals surface area contributed by atoms with E-state index in [2.05, 4.69) is 15.3 Å². The van der Waals surface area contributed by atoms with Crippen LogP contribution in [0, 0.1) is 12.8 Å². The predicted molar refractivity (Wildman–Crippen MR) is 71.0 cm³/mol. The highest BCUT2D eigenvalue weighted by molar-refractivity contribution is 5.54. The minimum atomic E-state index is 0.603. The third-order valence-electron chi connectivity index (χ3n) is 3.58. The Morgan fingerprint density at radius 1 is 1.29 bits per heavy atom. The average molecular weight is 234 g/mol. The molecule has 2 rings (SSSR count). The number of aromatic nitrogens is 2. The first kappa shape index (κ1) is 12.1. The van der Waals surface area contributed by atoms with Crippen molar-refractivity contribution in [3.05, 3.63) is 11.4 Å². The van der Waals surface area contributed by atoms with Crippen molar-refractivity contribution in [2.75, 3.05) is 17.6 Å². The number of anilines is 2. The van der Waals surface area contributed by atoms with Crippen LogP contribution in [0.4, 0.5) is 11.6 Å². The molecule has 94 valence electrons. The lowest BCUT2D eigenvalue weighted by Crippen LogP contribution is -2.15. The van der Waals surface area contributed by atoms with Gasteiger partial charge < -0.3 is 11.1 Å². The summed E-state index contributed by atoms with van der Waals surface area (Å²) in [6.45, 7) is 5.04. The van der Waals surface area contributed by atoms with Gasteiger partial charge >= 0.3 is 0 Å². The standard InChI is InChI=1S/C13H22N4/c1-3-11-16-12(14)9(2)13(17-11)15-8-10-6-4-5-7-10/h10H,3-8H2,1-2H3,(H3,14,15,16,17). The normalized spacial score (nSPS) is 16.4. The van der Waals surface area contributed by atoms with Gasteiger partial charge in [0.2, 0.25) is 0 Å². The van der Waals surface area contributed by atoms with Crippen LogP contribution in [0.1, 0.15) is 44.0 Å². The van der Waals surface area contributed by atoms with Crippen molar-refractivity contribution >= 4 is 11.6 Å². The molecule has 0 unspecified atom stereocenters. The summed E-state index contributed by atoms with van der Waals surface area (Å²) in [4.78, 5) is 8.77. The van der Waals surface area contributed by atoms with E-state index in [1.807, 2.05) is 13.8 Å². The van der Waals surface area contributed by atoms with Crippen LogP contribution in [-0.4, -0.2) is 16.5 Å². The first-order valence-electron chi connectivity index (χ1n) is 6.57. The van der Waals surface area contributed by atoms with Crippen LogP contribution in [-0.2, 0) is 6.42 Å². The van der Waals surface area contributed by atoms with E-state index in [9.17, 15) is 0 Å². The molecule has 0 amide bonds. The molecule has 4 heteroatoms. The van der Waals surface area contributed by atoms with E-state index < -0.39 is 0 Å². The second-order valence-corrected chi connectivity index (χ2v) is 4.88. The molecule has 0 spiro atoms. The lowest BCUT2D eigenvalue weighted by molar-refractivity contribution is 0.578. The van der Waals surface area contributed by atoms with Crippen molar-refractivity contribution in [1.29, 1.82) is 0 Å². The van der Waals surface area contributed by atoms with Gasteiger partial charge in [0, 0.05) is 18.5 Å². The summed E-state index contributed by atoms with van der Waals surface area (Å²) in [6.07, 6.45) is 6.25. The van der Waals surface area contributed by atoms with Gasteiger partial charge in [-0.05, 0) is 25.7 Å². The number of hydrogen-bond donors (Lipinski definition) is 2. The minimum absolute atomic E-state index is 0.603. The molecule has 0 radical (unpaired) electrons. The number of nitrogens with two attached hydrogens (primary N) is 1. The molecule has 0 bridgehead atoms. The zero-order valence-corrected chi connectivity index (χ0v) is 10.8. The van der Waals surface area contributed by atoms with E-state index in [1.165, 1.54) is 25.7 Å². The van der Waals surface area contributed by atoms with Crippen molar-refractivity contribution in [2.45, 2.75) is 46.0 Å². The highest BCUT2D eigenvalue weighted by Gasteiger charge is 2.15. The maximum atomic E-state index is 5.89. The maximum Gasteiger partial charge on any atom is 0.134 e. The SMILES string of the molecule is CCc1nc(N)c(C)c(NCC2CCCC2)n1. The topological polar surface area (TPSA) is 63.8 Å². The molecule has 0 aromatic carbocycles. The fourth-order valence-corrected chi connectivity index (χ4v) is 2.37. The van der Waals surface area contributed by atoms with E-state index in [1.54, 1.807) is 0 Å². The van der Waals surface area contributed by atoms with Crippen molar-refractivity contribution < 1.29 is 0 Å². The number of aryl methyl sites for hydroxylation is 1. The van der Waals surface area contributed by atoms with Gasteiger partial charge in [-0.25, -0.2) is 9.97 Å². The highest BCUT2D eigenvalue weighted by atomic mass is 15.1. The molecule has 17 heavy (non-hydrogen) atoms. The Kier molecular flexibility index (Phi) is 3.82. The number of hydrogen-bond acceptors (Lipinski definition) is 4. The third-order valence-corrected chi connectivity index (χ3v) is 3.58. The van der Waals surface area contributed by atoms with Gasteiger partial charge in [0.05, 0.1) is 0 Å². The Morgan fingerprint density at radius 3 is 2.65 bits per heavy atom. The van der Waals surface area contributed by atoms with E-state index >= 15 is 0 Å². The van der Waals surface area contributed by atoms with Gasteiger partial charge in [-0.1, -0.05) is 19.8 Å². The van der Waals surface area contributed by atoms with E-state index in [-0.39, 0.29) is 0 Å². The molecule has 3 N–H and O–H groups in total. The molecular weight excluding hydrogens is 212 g/mol. The van der Waals surface area contributed by atoms with E-state index in [0.717, 1.165) is 36.1 Å². The Morgan fingerprint density at radius 2 is 2.00 bits per heavy atom. The van der Waals surface area contributed by atoms with Crippen LogP contribution < -0.4 is 11.1 Å². The number of nitrogens with zero attached hydrogens (tertiary/aromatic N) is 2. The number of nitrogens with one attached hydrogen (secondary N) is 1. The predicted octanol–water partition coefficient (Wildman–Crippen LogP) is 2.53. The summed E-state index contributed by atoms with van der Waals surface area (Å²) >= 11 is 0. The molecule has 1 heterocycles. The van der Waals surface area contributed by atoms with Crippen LogP contribution in [0.3, 0.4) is 0 Å². The lowest BCUT2D eigenvalue weighted by atomic mass is 10.1. The molecule has 4 nitrogen and oxygen atoms in total. The summed E-state index contributed by atoms with van der Waals surface area (Å²) < 4.78 is 0. The van der Waals surface area contributed by atoms with Crippen molar-refractivity contribution in [2.24, 2.45) is 5.92 Å². The van der Waals surface area contributed by atoms with Gasteiger partial charge in [0.25, 0.3) is 0 Å². The summed E-state index contributed by atoms with van der Waals surface area (Å²) in [5, 5.41) is 3.44.